The van der Waals surface area contributed by atoms with E-state index in [4.69, 9.17) is 0 Å². The number of amides is 1. The lowest BCUT2D eigenvalue weighted by Crippen LogP contribution is -2.23. The summed E-state index contributed by atoms with van der Waals surface area (Å²) >= 11 is 0. The first-order valence-electron chi connectivity index (χ1n) is 7.22. The Bertz CT molecular complexity index is 434. The Morgan fingerprint density at radius 1 is 1.10 bits per heavy atom. The highest BCUT2D eigenvalue weighted by atomic mass is 16.5. The number of benzene rings is 1. The standard InChI is InChI=1S/C16H24N2O3/c1-18(13-7-11-16(20)21-2)12-6-10-15(19)17-14-8-4-3-5-9-14/h3-5,8-9H,6-7,10-13H2,1-2H3,(H,17,19). The number of nitrogens with one attached hydrogen (secondary N) is 1. The summed E-state index contributed by atoms with van der Waals surface area (Å²) in [4.78, 5) is 24.8. The molecular formula is C16H24N2O3. The van der Waals surface area contributed by atoms with Crippen LogP contribution in [0.15, 0.2) is 30.3 Å². The molecule has 0 fully saturated rings. The summed E-state index contributed by atoms with van der Waals surface area (Å²) in [5.41, 5.74) is 0.828. The van der Waals surface area contributed by atoms with E-state index in [-0.39, 0.29) is 11.9 Å². The van der Waals surface area contributed by atoms with Gasteiger partial charge in [-0.25, -0.2) is 0 Å². The second kappa shape index (κ2) is 9.94. The van der Waals surface area contributed by atoms with Crippen LogP contribution in [0.2, 0.25) is 0 Å². The van der Waals surface area contributed by atoms with E-state index in [1.165, 1.54) is 7.11 Å². The molecule has 5 nitrogen and oxygen atoms in total. The van der Waals surface area contributed by atoms with Gasteiger partial charge in [0.1, 0.15) is 0 Å². The third-order valence-electron chi connectivity index (χ3n) is 3.15. The number of esters is 1. The molecule has 0 spiro atoms. The van der Waals surface area contributed by atoms with Crippen molar-refractivity contribution in [3.63, 3.8) is 0 Å². The molecule has 5 heteroatoms. The van der Waals surface area contributed by atoms with Crippen LogP contribution in [-0.4, -0.2) is 44.0 Å². The van der Waals surface area contributed by atoms with Crippen LogP contribution in [0.4, 0.5) is 5.69 Å². The summed E-state index contributed by atoms with van der Waals surface area (Å²) in [6, 6.07) is 9.45. The van der Waals surface area contributed by atoms with Crippen LogP contribution in [0.25, 0.3) is 0 Å². The van der Waals surface area contributed by atoms with Gasteiger partial charge < -0.3 is 15.0 Å². The second-order valence-electron chi connectivity index (χ2n) is 5.00. The highest BCUT2D eigenvalue weighted by molar-refractivity contribution is 5.90. The Morgan fingerprint density at radius 2 is 1.71 bits per heavy atom. The largest absolute Gasteiger partial charge is 0.469 e. The smallest absolute Gasteiger partial charge is 0.305 e. The van der Waals surface area contributed by atoms with E-state index in [0.717, 1.165) is 31.6 Å². The van der Waals surface area contributed by atoms with Crippen molar-refractivity contribution in [2.24, 2.45) is 0 Å². The van der Waals surface area contributed by atoms with Crippen LogP contribution in [0, 0.1) is 0 Å². The normalized spacial score (nSPS) is 10.4. The maximum Gasteiger partial charge on any atom is 0.305 e. The average molecular weight is 292 g/mol. The third kappa shape index (κ3) is 8.09. The Morgan fingerprint density at radius 3 is 2.33 bits per heavy atom. The molecule has 0 saturated heterocycles. The number of methoxy groups -OCH3 is 1. The summed E-state index contributed by atoms with van der Waals surface area (Å²) in [6.07, 6.45) is 2.51. The number of hydrogen-bond acceptors (Lipinski definition) is 4. The van der Waals surface area contributed by atoms with Gasteiger partial charge in [-0.15, -0.1) is 0 Å². The first-order chi connectivity index (χ1) is 10.1. The molecule has 0 aliphatic heterocycles. The van der Waals surface area contributed by atoms with E-state index in [1.807, 2.05) is 37.4 Å². The molecule has 0 heterocycles. The summed E-state index contributed by atoms with van der Waals surface area (Å²) in [5, 5.41) is 2.86. The Kier molecular flexibility index (Phi) is 8.12. The molecule has 0 radical (unpaired) electrons. The van der Waals surface area contributed by atoms with E-state index in [1.54, 1.807) is 0 Å². The first-order valence-corrected chi connectivity index (χ1v) is 7.22. The predicted octanol–water partition coefficient (Wildman–Crippen LogP) is 2.29. The van der Waals surface area contributed by atoms with Gasteiger partial charge in [0.05, 0.1) is 7.11 Å². The molecule has 0 aromatic heterocycles. The van der Waals surface area contributed by atoms with Crippen molar-refractivity contribution in [1.82, 2.24) is 4.90 Å². The number of carbonyl (C=O) groups is 2. The minimum atomic E-state index is -0.175. The quantitative estimate of drug-likeness (QED) is 0.709. The molecule has 1 aromatic carbocycles. The highest BCUT2D eigenvalue weighted by Crippen LogP contribution is 2.06. The molecule has 0 bridgehead atoms. The summed E-state index contributed by atoms with van der Waals surface area (Å²) in [5.74, 6) is -0.144. The van der Waals surface area contributed by atoms with Crippen molar-refractivity contribution in [3.05, 3.63) is 30.3 Å². The van der Waals surface area contributed by atoms with Gasteiger partial charge in [-0.1, -0.05) is 18.2 Å². The number of anilines is 1. The third-order valence-corrected chi connectivity index (χ3v) is 3.15. The fraction of sp³-hybridized carbons (Fsp3) is 0.500. The van der Waals surface area contributed by atoms with E-state index < -0.39 is 0 Å². The summed E-state index contributed by atoms with van der Waals surface area (Å²) in [6.45, 7) is 1.67. The van der Waals surface area contributed by atoms with Crippen LogP contribution in [0.5, 0.6) is 0 Å². The molecule has 0 aliphatic carbocycles. The van der Waals surface area contributed by atoms with Gasteiger partial charge in [0.15, 0.2) is 0 Å². The molecule has 0 saturated carbocycles. The van der Waals surface area contributed by atoms with Crippen LogP contribution in [0.3, 0.4) is 0 Å². The Balaban J connectivity index is 2.09. The van der Waals surface area contributed by atoms with E-state index in [2.05, 4.69) is 15.0 Å². The number of nitrogens with zero attached hydrogens (tertiary/aromatic N) is 1. The van der Waals surface area contributed by atoms with Gasteiger partial charge in [-0.2, -0.15) is 0 Å². The molecule has 0 aliphatic rings. The zero-order valence-electron chi connectivity index (χ0n) is 12.8. The van der Waals surface area contributed by atoms with Gasteiger partial charge in [-0.05, 0) is 45.1 Å². The lowest BCUT2D eigenvalue weighted by Gasteiger charge is -2.15. The average Bonchev–Trinajstić information content (AvgIpc) is 2.48. The predicted molar refractivity (Wildman–Crippen MR) is 83.1 cm³/mol. The zero-order valence-corrected chi connectivity index (χ0v) is 12.8. The fourth-order valence-corrected chi connectivity index (χ4v) is 1.96. The van der Waals surface area contributed by atoms with Crippen molar-refractivity contribution >= 4 is 17.6 Å². The second-order valence-corrected chi connectivity index (χ2v) is 5.00. The van der Waals surface area contributed by atoms with Crippen molar-refractivity contribution in [1.29, 1.82) is 0 Å². The van der Waals surface area contributed by atoms with Crippen molar-refractivity contribution in [3.8, 4) is 0 Å². The molecule has 21 heavy (non-hydrogen) atoms. The monoisotopic (exact) mass is 292 g/mol. The lowest BCUT2D eigenvalue weighted by molar-refractivity contribution is -0.140. The molecule has 1 amide bonds. The molecule has 0 unspecified atom stereocenters. The molecular weight excluding hydrogens is 268 g/mol. The Labute approximate surface area is 126 Å². The summed E-state index contributed by atoms with van der Waals surface area (Å²) in [7, 11) is 3.39. The molecule has 1 N–H and O–H groups in total. The lowest BCUT2D eigenvalue weighted by atomic mass is 10.2. The highest BCUT2D eigenvalue weighted by Gasteiger charge is 2.05. The zero-order chi connectivity index (χ0) is 15.5. The molecule has 1 rings (SSSR count). The molecule has 0 atom stereocenters. The minimum absolute atomic E-state index is 0.0316. The van der Waals surface area contributed by atoms with Crippen LogP contribution in [-0.2, 0) is 14.3 Å². The number of rotatable bonds is 9. The number of para-hydroxylation sites is 1. The van der Waals surface area contributed by atoms with Gasteiger partial charge >= 0.3 is 5.97 Å². The molecule has 116 valence electrons. The number of carbonyl (C=O) groups excluding carboxylic acids is 2. The van der Waals surface area contributed by atoms with Gasteiger partial charge in [0, 0.05) is 18.5 Å². The summed E-state index contributed by atoms with van der Waals surface area (Å²) < 4.78 is 4.59. The van der Waals surface area contributed by atoms with E-state index in [9.17, 15) is 9.59 Å². The van der Waals surface area contributed by atoms with Crippen molar-refractivity contribution in [2.75, 3.05) is 32.6 Å². The van der Waals surface area contributed by atoms with Crippen molar-refractivity contribution in [2.45, 2.75) is 25.7 Å². The van der Waals surface area contributed by atoms with E-state index >= 15 is 0 Å². The first kappa shape index (κ1) is 17.2. The number of hydrogen-bond donors (Lipinski definition) is 1. The van der Waals surface area contributed by atoms with E-state index in [0.29, 0.717) is 12.8 Å². The topological polar surface area (TPSA) is 58.6 Å². The van der Waals surface area contributed by atoms with Gasteiger partial charge in [0.25, 0.3) is 0 Å². The Hall–Kier alpha value is -1.88. The van der Waals surface area contributed by atoms with Crippen LogP contribution in [0.1, 0.15) is 25.7 Å². The van der Waals surface area contributed by atoms with Crippen LogP contribution < -0.4 is 5.32 Å². The number of ether oxygens (including phenoxy) is 1. The van der Waals surface area contributed by atoms with Gasteiger partial charge in [-0.3, -0.25) is 9.59 Å². The maximum absolute atomic E-state index is 11.7. The van der Waals surface area contributed by atoms with Gasteiger partial charge in [0.2, 0.25) is 5.91 Å². The maximum atomic E-state index is 11.7. The SMILES string of the molecule is COC(=O)CCCN(C)CCCC(=O)Nc1ccccc1. The molecule has 1 aromatic rings. The van der Waals surface area contributed by atoms with Crippen molar-refractivity contribution < 1.29 is 14.3 Å². The fourth-order valence-electron chi connectivity index (χ4n) is 1.96. The minimum Gasteiger partial charge on any atom is -0.469 e. The van der Waals surface area contributed by atoms with Crippen LogP contribution >= 0.6 is 0 Å².